The Bertz CT molecular complexity index is 680. The molecule has 1 amide bonds. The van der Waals surface area contributed by atoms with Crippen LogP contribution in [0.5, 0.6) is 0 Å². The summed E-state index contributed by atoms with van der Waals surface area (Å²) < 4.78 is 10.4. The second-order valence-corrected chi connectivity index (χ2v) is 6.04. The number of carbonyl (C=O) groups excluding carboxylic acids is 1. The number of likely N-dealkylation sites (tertiary alicyclic amines) is 1. The van der Waals surface area contributed by atoms with Crippen molar-refractivity contribution in [3.8, 4) is 0 Å². The van der Waals surface area contributed by atoms with Gasteiger partial charge in [-0.25, -0.2) is 0 Å². The minimum absolute atomic E-state index is 0. The molecule has 0 radical (unpaired) electrons. The van der Waals surface area contributed by atoms with E-state index in [9.17, 15) is 4.79 Å². The topological polar surface area (TPSA) is 94.5 Å². The number of aryl methyl sites for hydroxylation is 1. The van der Waals surface area contributed by atoms with Gasteiger partial charge in [-0.3, -0.25) is 4.79 Å². The minimum Gasteiger partial charge on any atom is -0.362 e. The van der Waals surface area contributed by atoms with Crippen molar-refractivity contribution in [3.63, 3.8) is 0 Å². The zero-order valence-corrected chi connectivity index (χ0v) is 14.9. The highest BCUT2D eigenvalue weighted by atomic mass is 35.5. The van der Waals surface area contributed by atoms with Crippen molar-refractivity contribution in [1.29, 1.82) is 0 Å². The Kier molecular flexibility index (Phi) is 6.92. The number of carbonyl (C=O) groups is 1. The number of aromatic nitrogens is 2. The molecule has 1 aromatic heterocycles. The van der Waals surface area contributed by atoms with E-state index in [4.69, 9.17) is 15.0 Å². The summed E-state index contributed by atoms with van der Waals surface area (Å²) in [4.78, 5) is 18.2. The molecular weight excluding hydrogens is 344 g/mol. The fraction of sp³-hybridized carbons (Fsp3) is 0.471. The minimum atomic E-state index is -0.0388. The van der Waals surface area contributed by atoms with Gasteiger partial charge < -0.3 is 19.9 Å². The van der Waals surface area contributed by atoms with Crippen LogP contribution in [0.2, 0.25) is 0 Å². The van der Waals surface area contributed by atoms with Crippen LogP contribution in [0.4, 0.5) is 0 Å². The summed E-state index contributed by atoms with van der Waals surface area (Å²) in [5.74, 6) is 1.44. The Morgan fingerprint density at radius 3 is 2.76 bits per heavy atom. The molecule has 1 aliphatic rings. The SMILES string of the molecule is Cc1noc(COCC(=O)N2C[C@@H](CN)[C@H](c3ccccc3)C2)n1.Cl. The van der Waals surface area contributed by atoms with Crippen LogP contribution in [0.3, 0.4) is 0 Å². The molecule has 1 aliphatic heterocycles. The van der Waals surface area contributed by atoms with E-state index in [0.29, 0.717) is 31.3 Å². The maximum Gasteiger partial charge on any atom is 0.252 e. The Morgan fingerprint density at radius 1 is 1.36 bits per heavy atom. The molecule has 1 aromatic carbocycles. The summed E-state index contributed by atoms with van der Waals surface area (Å²) in [6.07, 6.45) is 0. The van der Waals surface area contributed by atoms with E-state index < -0.39 is 0 Å². The van der Waals surface area contributed by atoms with Crippen molar-refractivity contribution in [2.75, 3.05) is 26.2 Å². The number of ether oxygens (including phenoxy) is 1. The van der Waals surface area contributed by atoms with Gasteiger partial charge in [0.15, 0.2) is 5.82 Å². The van der Waals surface area contributed by atoms with E-state index >= 15 is 0 Å². The number of rotatable bonds is 6. The number of hydrogen-bond acceptors (Lipinski definition) is 6. The van der Waals surface area contributed by atoms with E-state index in [1.807, 2.05) is 23.1 Å². The van der Waals surface area contributed by atoms with Gasteiger partial charge in [0, 0.05) is 19.0 Å². The van der Waals surface area contributed by atoms with Crippen molar-refractivity contribution in [2.24, 2.45) is 11.7 Å². The Balaban J connectivity index is 0.00000225. The highest BCUT2D eigenvalue weighted by Gasteiger charge is 2.35. The summed E-state index contributed by atoms with van der Waals surface area (Å²) in [5, 5.41) is 3.68. The second-order valence-electron chi connectivity index (χ2n) is 6.04. The van der Waals surface area contributed by atoms with E-state index in [0.717, 1.165) is 0 Å². The lowest BCUT2D eigenvalue weighted by molar-refractivity contribution is -0.135. The van der Waals surface area contributed by atoms with Crippen LogP contribution in [0, 0.1) is 12.8 Å². The van der Waals surface area contributed by atoms with E-state index in [1.54, 1.807) is 6.92 Å². The van der Waals surface area contributed by atoms with Crippen LogP contribution in [0.1, 0.15) is 23.2 Å². The smallest absolute Gasteiger partial charge is 0.252 e. The van der Waals surface area contributed by atoms with E-state index in [1.165, 1.54) is 5.56 Å². The van der Waals surface area contributed by atoms with Gasteiger partial charge in [0.2, 0.25) is 5.91 Å². The summed E-state index contributed by atoms with van der Waals surface area (Å²) >= 11 is 0. The van der Waals surface area contributed by atoms with Gasteiger partial charge in [0.25, 0.3) is 5.89 Å². The Hall–Kier alpha value is -1.96. The maximum atomic E-state index is 12.4. The van der Waals surface area contributed by atoms with Gasteiger partial charge in [-0.05, 0) is 24.9 Å². The number of benzene rings is 1. The monoisotopic (exact) mass is 366 g/mol. The summed E-state index contributed by atoms with van der Waals surface area (Å²) in [6.45, 7) is 3.78. The van der Waals surface area contributed by atoms with E-state index in [2.05, 4.69) is 22.3 Å². The molecule has 2 N–H and O–H groups in total. The largest absolute Gasteiger partial charge is 0.362 e. The fourth-order valence-electron chi connectivity index (χ4n) is 3.11. The van der Waals surface area contributed by atoms with Gasteiger partial charge in [-0.15, -0.1) is 12.4 Å². The van der Waals surface area contributed by atoms with Gasteiger partial charge >= 0.3 is 0 Å². The molecule has 0 saturated carbocycles. The molecule has 2 atom stereocenters. The lowest BCUT2D eigenvalue weighted by atomic mass is 9.89. The number of halogens is 1. The van der Waals surface area contributed by atoms with Crippen molar-refractivity contribution in [2.45, 2.75) is 19.4 Å². The zero-order valence-electron chi connectivity index (χ0n) is 14.1. The lowest BCUT2D eigenvalue weighted by Crippen LogP contribution is -2.32. The molecule has 8 heteroatoms. The van der Waals surface area contributed by atoms with Crippen LogP contribution in [-0.2, 0) is 16.1 Å². The fourth-order valence-corrected chi connectivity index (χ4v) is 3.11. The zero-order chi connectivity index (χ0) is 16.9. The van der Waals surface area contributed by atoms with Gasteiger partial charge in [0.1, 0.15) is 13.2 Å². The quantitative estimate of drug-likeness (QED) is 0.832. The molecule has 0 bridgehead atoms. The predicted molar refractivity (Wildman–Crippen MR) is 94.2 cm³/mol. The average molecular weight is 367 g/mol. The molecule has 136 valence electrons. The lowest BCUT2D eigenvalue weighted by Gasteiger charge is -2.16. The highest BCUT2D eigenvalue weighted by Crippen LogP contribution is 2.31. The highest BCUT2D eigenvalue weighted by molar-refractivity contribution is 5.85. The number of hydrogen-bond donors (Lipinski definition) is 1. The molecule has 0 spiro atoms. The predicted octanol–water partition coefficient (Wildman–Crippen LogP) is 1.52. The van der Waals surface area contributed by atoms with Crippen molar-refractivity contribution in [3.05, 3.63) is 47.6 Å². The normalized spacial score (nSPS) is 19.7. The molecule has 1 fully saturated rings. The number of amides is 1. The molecule has 7 nitrogen and oxygen atoms in total. The van der Waals surface area contributed by atoms with Crippen LogP contribution >= 0.6 is 12.4 Å². The van der Waals surface area contributed by atoms with Crippen molar-refractivity contribution in [1.82, 2.24) is 15.0 Å². The molecule has 2 aromatic rings. The van der Waals surface area contributed by atoms with E-state index in [-0.39, 0.29) is 43.4 Å². The summed E-state index contributed by atoms with van der Waals surface area (Å²) in [6, 6.07) is 10.2. The van der Waals surface area contributed by atoms with Crippen LogP contribution in [-0.4, -0.2) is 47.2 Å². The standard InChI is InChI=1S/C17H22N4O3.ClH/c1-12-19-16(24-20-12)10-23-11-17(22)21-8-14(7-18)15(9-21)13-5-3-2-4-6-13;/h2-6,14-15H,7-11,18H2,1H3;1H/t14-,15+;/m1./s1. The van der Waals surface area contributed by atoms with Crippen LogP contribution in [0.15, 0.2) is 34.9 Å². The number of nitrogens with zero attached hydrogens (tertiary/aromatic N) is 3. The molecule has 25 heavy (non-hydrogen) atoms. The molecule has 0 unspecified atom stereocenters. The van der Waals surface area contributed by atoms with Crippen molar-refractivity contribution >= 4 is 18.3 Å². The molecular formula is C17H23ClN4O3. The van der Waals surface area contributed by atoms with Gasteiger partial charge in [0.05, 0.1) is 0 Å². The summed E-state index contributed by atoms with van der Waals surface area (Å²) in [7, 11) is 0. The molecule has 2 heterocycles. The first-order valence-electron chi connectivity index (χ1n) is 8.07. The third kappa shape index (κ3) is 4.78. The van der Waals surface area contributed by atoms with Gasteiger partial charge in [-0.2, -0.15) is 4.98 Å². The Labute approximate surface area is 152 Å². The Morgan fingerprint density at radius 2 is 2.12 bits per heavy atom. The average Bonchev–Trinajstić information content (AvgIpc) is 3.22. The third-order valence-electron chi connectivity index (χ3n) is 4.34. The maximum absolute atomic E-state index is 12.4. The summed E-state index contributed by atoms with van der Waals surface area (Å²) in [5.41, 5.74) is 7.13. The number of nitrogens with two attached hydrogens (primary N) is 1. The third-order valence-corrected chi connectivity index (χ3v) is 4.34. The van der Waals surface area contributed by atoms with Crippen LogP contribution in [0.25, 0.3) is 0 Å². The molecule has 1 saturated heterocycles. The first-order valence-corrected chi connectivity index (χ1v) is 8.07. The molecule has 3 rings (SSSR count). The van der Waals surface area contributed by atoms with Crippen molar-refractivity contribution < 1.29 is 14.1 Å². The van der Waals surface area contributed by atoms with Crippen LogP contribution < -0.4 is 5.73 Å². The first-order chi connectivity index (χ1) is 11.7. The van der Waals surface area contributed by atoms with Gasteiger partial charge in [-0.1, -0.05) is 35.5 Å². The molecule has 0 aliphatic carbocycles. The second kappa shape index (κ2) is 8.94. The first kappa shape index (κ1) is 19.4.